The lowest BCUT2D eigenvalue weighted by Gasteiger charge is -2.08. The van der Waals surface area contributed by atoms with Crippen LogP contribution >= 0.6 is 0 Å². The van der Waals surface area contributed by atoms with E-state index in [1.54, 1.807) is 23.2 Å². The molecule has 0 spiro atoms. The first-order valence-electron chi connectivity index (χ1n) is 7.89. The molecule has 1 aromatic heterocycles. The lowest BCUT2D eigenvalue weighted by atomic mass is 10.2. The molecular formula is C19H18N4O2. The highest BCUT2D eigenvalue weighted by Gasteiger charge is 2.01. The van der Waals surface area contributed by atoms with E-state index in [2.05, 4.69) is 15.4 Å². The van der Waals surface area contributed by atoms with Crippen molar-refractivity contribution >= 4 is 17.7 Å². The highest BCUT2D eigenvalue weighted by atomic mass is 16.5. The fourth-order valence-corrected chi connectivity index (χ4v) is 2.19. The van der Waals surface area contributed by atoms with Crippen molar-refractivity contribution in [3.8, 4) is 5.75 Å². The van der Waals surface area contributed by atoms with E-state index < -0.39 is 0 Å². The predicted octanol–water partition coefficient (Wildman–Crippen LogP) is 3.01. The van der Waals surface area contributed by atoms with E-state index in [1.165, 1.54) is 12.4 Å². The lowest BCUT2D eigenvalue weighted by Crippen LogP contribution is -2.10. The number of hydrogen-bond acceptors (Lipinski definition) is 4. The molecular weight excluding hydrogens is 316 g/mol. The van der Waals surface area contributed by atoms with Gasteiger partial charge >= 0.3 is 0 Å². The highest BCUT2D eigenvalue weighted by Crippen LogP contribution is 2.17. The molecule has 0 aliphatic carbocycles. The van der Waals surface area contributed by atoms with Crippen molar-refractivity contribution in [2.24, 2.45) is 0 Å². The van der Waals surface area contributed by atoms with Crippen molar-refractivity contribution in [2.75, 3.05) is 11.9 Å². The molecule has 0 unspecified atom stereocenters. The summed E-state index contributed by atoms with van der Waals surface area (Å²) in [5.41, 5.74) is 1.66. The van der Waals surface area contributed by atoms with Gasteiger partial charge in [0.1, 0.15) is 25.0 Å². The van der Waals surface area contributed by atoms with Crippen molar-refractivity contribution in [1.29, 1.82) is 0 Å². The lowest BCUT2D eigenvalue weighted by molar-refractivity contribution is -0.111. The number of aromatic nitrogens is 3. The maximum absolute atomic E-state index is 12.0. The van der Waals surface area contributed by atoms with Crippen LogP contribution in [0.3, 0.4) is 0 Å². The zero-order valence-electron chi connectivity index (χ0n) is 13.6. The SMILES string of the molecule is O=C(/C=C/c1ccccc1)Nc1cccc(OCCn2cncn2)c1. The molecule has 2 aromatic carbocycles. The third-order valence-corrected chi connectivity index (χ3v) is 3.38. The second-order valence-corrected chi connectivity index (χ2v) is 5.27. The number of benzene rings is 2. The number of carbonyl (C=O) groups excluding carboxylic acids is 1. The Bertz CT molecular complexity index is 830. The van der Waals surface area contributed by atoms with Crippen LogP contribution < -0.4 is 10.1 Å². The minimum Gasteiger partial charge on any atom is -0.492 e. The average molecular weight is 334 g/mol. The molecule has 0 radical (unpaired) electrons. The standard InChI is InChI=1S/C19H18N4O2/c24-19(10-9-16-5-2-1-3-6-16)22-17-7-4-8-18(13-17)25-12-11-23-15-20-14-21-23/h1-10,13-15H,11-12H2,(H,22,24)/b10-9+. The molecule has 0 saturated carbocycles. The molecule has 0 aliphatic heterocycles. The number of rotatable bonds is 7. The van der Waals surface area contributed by atoms with Crippen LogP contribution in [0.5, 0.6) is 5.75 Å². The molecule has 6 heteroatoms. The first kappa shape index (κ1) is 16.4. The summed E-state index contributed by atoms with van der Waals surface area (Å²) in [6.07, 6.45) is 6.40. The Hall–Kier alpha value is -3.41. The second-order valence-electron chi connectivity index (χ2n) is 5.27. The van der Waals surface area contributed by atoms with E-state index in [1.807, 2.05) is 48.5 Å². The van der Waals surface area contributed by atoms with Crippen molar-refractivity contribution < 1.29 is 9.53 Å². The maximum atomic E-state index is 12.0. The molecule has 126 valence electrons. The third kappa shape index (κ3) is 5.31. The molecule has 6 nitrogen and oxygen atoms in total. The van der Waals surface area contributed by atoms with Gasteiger partial charge in [0.05, 0.1) is 6.54 Å². The van der Waals surface area contributed by atoms with Crippen molar-refractivity contribution in [1.82, 2.24) is 14.8 Å². The van der Waals surface area contributed by atoms with E-state index >= 15 is 0 Å². The van der Waals surface area contributed by atoms with Gasteiger partial charge in [-0.2, -0.15) is 5.10 Å². The Balaban J connectivity index is 1.52. The molecule has 3 aromatic rings. The fraction of sp³-hybridized carbons (Fsp3) is 0.105. The first-order valence-corrected chi connectivity index (χ1v) is 7.89. The third-order valence-electron chi connectivity index (χ3n) is 3.38. The highest BCUT2D eigenvalue weighted by molar-refractivity contribution is 6.02. The molecule has 25 heavy (non-hydrogen) atoms. The van der Waals surface area contributed by atoms with Gasteiger partial charge in [-0.15, -0.1) is 0 Å². The molecule has 0 atom stereocenters. The summed E-state index contributed by atoms with van der Waals surface area (Å²) < 4.78 is 7.37. The van der Waals surface area contributed by atoms with E-state index in [4.69, 9.17) is 4.74 Å². The Morgan fingerprint density at radius 3 is 2.84 bits per heavy atom. The number of carbonyl (C=O) groups is 1. The number of nitrogens with zero attached hydrogens (tertiary/aromatic N) is 3. The van der Waals surface area contributed by atoms with Crippen LogP contribution in [-0.4, -0.2) is 27.3 Å². The zero-order valence-corrected chi connectivity index (χ0v) is 13.6. The van der Waals surface area contributed by atoms with Crippen LogP contribution in [-0.2, 0) is 11.3 Å². The number of nitrogens with one attached hydrogen (secondary N) is 1. The summed E-state index contributed by atoms with van der Waals surface area (Å²) in [4.78, 5) is 15.9. The van der Waals surface area contributed by atoms with E-state index in [-0.39, 0.29) is 5.91 Å². The molecule has 0 bridgehead atoms. The van der Waals surface area contributed by atoms with Crippen LogP contribution in [0.4, 0.5) is 5.69 Å². The van der Waals surface area contributed by atoms with Gasteiger partial charge in [0.25, 0.3) is 0 Å². The normalized spacial score (nSPS) is 10.7. The summed E-state index contributed by atoms with van der Waals surface area (Å²) in [6.45, 7) is 1.07. The number of hydrogen-bond donors (Lipinski definition) is 1. The maximum Gasteiger partial charge on any atom is 0.248 e. The van der Waals surface area contributed by atoms with Crippen LogP contribution in [0.1, 0.15) is 5.56 Å². The van der Waals surface area contributed by atoms with Gasteiger partial charge in [-0.05, 0) is 23.8 Å². The predicted molar refractivity (Wildman–Crippen MR) is 96.1 cm³/mol. The van der Waals surface area contributed by atoms with Crippen LogP contribution in [0.25, 0.3) is 6.08 Å². The molecule has 0 fully saturated rings. The zero-order chi connectivity index (χ0) is 17.3. The van der Waals surface area contributed by atoms with E-state index in [9.17, 15) is 4.79 Å². The molecule has 1 heterocycles. The van der Waals surface area contributed by atoms with E-state index in [0.29, 0.717) is 24.6 Å². The fourth-order valence-electron chi connectivity index (χ4n) is 2.19. The summed E-state index contributed by atoms with van der Waals surface area (Å²) >= 11 is 0. The number of ether oxygens (including phenoxy) is 1. The summed E-state index contributed by atoms with van der Waals surface area (Å²) in [6, 6.07) is 17.0. The van der Waals surface area contributed by atoms with Gasteiger partial charge in [-0.1, -0.05) is 36.4 Å². The van der Waals surface area contributed by atoms with Crippen LogP contribution in [0, 0.1) is 0 Å². The molecule has 1 N–H and O–H groups in total. The molecule has 3 rings (SSSR count). The summed E-state index contributed by atoms with van der Waals surface area (Å²) in [5, 5.41) is 6.83. The smallest absolute Gasteiger partial charge is 0.248 e. The minimum atomic E-state index is -0.191. The van der Waals surface area contributed by atoms with Crippen molar-refractivity contribution in [2.45, 2.75) is 6.54 Å². The van der Waals surface area contributed by atoms with Crippen molar-refractivity contribution in [3.05, 3.63) is 78.9 Å². The first-order chi connectivity index (χ1) is 12.3. The quantitative estimate of drug-likeness (QED) is 0.674. The van der Waals surface area contributed by atoms with Gasteiger partial charge < -0.3 is 10.1 Å². The minimum absolute atomic E-state index is 0.191. The van der Waals surface area contributed by atoms with Crippen LogP contribution in [0.15, 0.2) is 73.3 Å². The largest absolute Gasteiger partial charge is 0.492 e. The average Bonchev–Trinajstić information content (AvgIpc) is 3.15. The van der Waals surface area contributed by atoms with Gasteiger partial charge in [0.15, 0.2) is 0 Å². The Morgan fingerprint density at radius 1 is 1.16 bits per heavy atom. The Labute approximate surface area is 145 Å². The van der Waals surface area contributed by atoms with Gasteiger partial charge in [-0.3, -0.25) is 4.79 Å². The van der Waals surface area contributed by atoms with Gasteiger partial charge in [0.2, 0.25) is 5.91 Å². The molecule has 0 saturated heterocycles. The molecule has 0 aliphatic rings. The van der Waals surface area contributed by atoms with Crippen molar-refractivity contribution in [3.63, 3.8) is 0 Å². The number of amides is 1. The monoisotopic (exact) mass is 334 g/mol. The van der Waals surface area contributed by atoms with Crippen LogP contribution in [0.2, 0.25) is 0 Å². The number of anilines is 1. The summed E-state index contributed by atoms with van der Waals surface area (Å²) in [7, 11) is 0. The second kappa shape index (κ2) is 8.44. The Kier molecular flexibility index (Phi) is 5.56. The molecule has 1 amide bonds. The van der Waals surface area contributed by atoms with E-state index in [0.717, 1.165) is 5.56 Å². The van der Waals surface area contributed by atoms with Gasteiger partial charge in [-0.25, -0.2) is 9.67 Å². The van der Waals surface area contributed by atoms with Gasteiger partial charge in [0, 0.05) is 17.8 Å². The Morgan fingerprint density at radius 2 is 2.04 bits per heavy atom. The topological polar surface area (TPSA) is 69.0 Å². The summed E-state index contributed by atoms with van der Waals surface area (Å²) in [5.74, 6) is 0.494.